The monoisotopic (exact) mass is 387 g/mol. The fourth-order valence-electron chi connectivity index (χ4n) is 4.45. The molecule has 1 aromatic rings. The topological polar surface area (TPSA) is 65.9 Å². The Morgan fingerprint density at radius 2 is 1.64 bits per heavy atom. The Hall–Kier alpha value is -2.08. The molecular formula is C22H35N4O2+. The maximum Gasteiger partial charge on any atom is 0.309 e. The van der Waals surface area contributed by atoms with Crippen LogP contribution in [0, 0.1) is 0 Å². The van der Waals surface area contributed by atoms with E-state index < -0.39 is 11.8 Å². The molecule has 0 aromatic heterocycles. The van der Waals surface area contributed by atoms with Crippen LogP contribution in [-0.2, 0) is 9.59 Å². The Bertz CT molecular complexity index is 647. The molecule has 1 saturated heterocycles. The van der Waals surface area contributed by atoms with Gasteiger partial charge in [0.1, 0.15) is 6.04 Å². The minimum atomic E-state index is -0.501. The number of carbonyl (C=O) groups is 2. The first kappa shape index (κ1) is 20.6. The SMILES string of the molecule is CN(C)c1ccc([C@H](CNC(=O)C(=O)NC2CCCCC2)[NH+]2CCCC2)cc1. The Morgan fingerprint density at radius 1 is 1.00 bits per heavy atom. The molecule has 0 bridgehead atoms. The molecular weight excluding hydrogens is 352 g/mol. The first-order valence-corrected chi connectivity index (χ1v) is 10.7. The molecule has 2 amide bonds. The third-order valence-corrected chi connectivity index (χ3v) is 6.16. The van der Waals surface area contributed by atoms with Gasteiger partial charge in [-0.05, 0) is 25.0 Å². The predicted molar refractivity (Wildman–Crippen MR) is 111 cm³/mol. The molecule has 6 nitrogen and oxygen atoms in total. The van der Waals surface area contributed by atoms with E-state index in [2.05, 4.69) is 39.8 Å². The summed E-state index contributed by atoms with van der Waals surface area (Å²) in [5.41, 5.74) is 2.38. The van der Waals surface area contributed by atoms with Crippen LogP contribution in [0.3, 0.4) is 0 Å². The zero-order valence-corrected chi connectivity index (χ0v) is 17.3. The summed E-state index contributed by atoms with van der Waals surface area (Å²) in [6.45, 7) is 2.72. The van der Waals surface area contributed by atoms with Gasteiger partial charge in [-0.2, -0.15) is 0 Å². The fourth-order valence-corrected chi connectivity index (χ4v) is 4.45. The summed E-state index contributed by atoms with van der Waals surface area (Å²) in [5, 5.41) is 5.81. The van der Waals surface area contributed by atoms with Crippen molar-refractivity contribution < 1.29 is 14.5 Å². The molecule has 1 aliphatic carbocycles. The molecule has 0 unspecified atom stereocenters. The second kappa shape index (κ2) is 9.92. The normalized spacial score (nSPS) is 19.2. The van der Waals surface area contributed by atoms with Crippen molar-refractivity contribution in [1.82, 2.24) is 10.6 Å². The number of quaternary nitrogens is 1. The molecule has 3 N–H and O–H groups in total. The minimum absolute atomic E-state index is 0.158. The molecule has 1 heterocycles. The molecule has 3 rings (SSSR count). The maximum absolute atomic E-state index is 12.4. The van der Waals surface area contributed by atoms with Crippen LogP contribution >= 0.6 is 0 Å². The van der Waals surface area contributed by atoms with Crippen LogP contribution in [0.5, 0.6) is 0 Å². The van der Waals surface area contributed by atoms with Gasteiger partial charge in [-0.1, -0.05) is 31.4 Å². The maximum atomic E-state index is 12.4. The number of anilines is 1. The Morgan fingerprint density at radius 3 is 2.25 bits per heavy atom. The van der Waals surface area contributed by atoms with Crippen molar-refractivity contribution in [2.45, 2.75) is 57.0 Å². The van der Waals surface area contributed by atoms with E-state index in [1.165, 1.54) is 29.7 Å². The van der Waals surface area contributed by atoms with Crippen molar-refractivity contribution in [3.63, 3.8) is 0 Å². The number of hydrogen-bond acceptors (Lipinski definition) is 3. The summed E-state index contributed by atoms with van der Waals surface area (Å²) in [5.74, 6) is -0.982. The number of rotatable bonds is 6. The number of carbonyl (C=O) groups excluding carboxylic acids is 2. The van der Waals surface area contributed by atoms with Crippen LogP contribution < -0.4 is 20.4 Å². The number of likely N-dealkylation sites (tertiary alicyclic amines) is 1. The Labute approximate surface area is 168 Å². The lowest BCUT2D eigenvalue weighted by Crippen LogP contribution is -3.11. The van der Waals surface area contributed by atoms with Crippen molar-refractivity contribution in [3.8, 4) is 0 Å². The number of nitrogens with zero attached hydrogens (tertiary/aromatic N) is 1. The molecule has 1 atom stereocenters. The van der Waals surface area contributed by atoms with Gasteiger partial charge in [-0.3, -0.25) is 9.59 Å². The van der Waals surface area contributed by atoms with E-state index in [9.17, 15) is 9.59 Å². The van der Waals surface area contributed by atoms with E-state index >= 15 is 0 Å². The predicted octanol–water partition coefficient (Wildman–Crippen LogP) is 1.04. The zero-order valence-electron chi connectivity index (χ0n) is 17.3. The molecule has 154 valence electrons. The highest BCUT2D eigenvalue weighted by atomic mass is 16.2. The summed E-state index contributed by atoms with van der Waals surface area (Å²) in [7, 11) is 4.06. The molecule has 1 aliphatic heterocycles. The first-order valence-electron chi connectivity index (χ1n) is 10.7. The van der Waals surface area contributed by atoms with Gasteiger partial charge in [0.2, 0.25) is 0 Å². The quantitative estimate of drug-likeness (QED) is 0.639. The van der Waals surface area contributed by atoms with Crippen molar-refractivity contribution in [2.75, 3.05) is 38.6 Å². The molecule has 0 radical (unpaired) electrons. The van der Waals surface area contributed by atoms with Gasteiger partial charge in [0, 0.05) is 44.2 Å². The van der Waals surface area contributed by atoms with Crippen LogP contribution in [-0.4, -0.2) is 51.6 Å². The standard InChI is InChI=1S/C22H34N4O2/c1-25(2)19-12-10-17(11-13-19)20(26-14-6-7-15-26)16-23-21(27)22(28)24-18-8-4-3-5-9-18/h10-13,18,20H,3-9,14-16H2,1-2H3,(H,23,27)(H,24,28)/p+1/t20-/m0/s1. The van der Waals surface area contributed by atoms with Gasteiger partial charge < -0.3 is 20.4 Å². The van der Waals surface area contributed by atoms with Gasteiger partial charge in [0.05, 0.1) is 19.6 Å². The summed E-state index contributed by atoms with van der Waals surface area (Å²) in [6.07, 6.45) is 7.91. The van der Waals surface area contributed by atoms with Gasteiger partial charge in [-0.15, -0.1) is 0 Å². The van der Waals surface area contributed by atoms with Crippen molar-refractivity contribution in [3.05, 3.63) is 29.8 Å². The lowest BCUT2D eigenvalue weighted by Gasteiger charge is -2.26. The molecule has 2 fully saturated rings. The summed E-state index contributed by atoms with van der Waals surface area (Å²) in [4.78, 5) is 28.2. The van der Waals surface area contributed by atoms with Crippen molar-refractivity contribution >= 4 is 17.5 Å². The Kier molecular flexibility index (Phi) is 7.31. The van der Waals surface area contributed by atoms with E-state index in [0.29, 0.717) is 6.54 Å². The minimum Gasteiger partial charge on any atom is -0.378 e. The number of amides is 2. The zero-order chi connectivity index (χ0) is 19.9. The highest BCUT2D eigenvalue weighted by Crippen LogP contribution is 2.18. The van der Waals surface area contributed by atoms with Crippen LogP contribution in [0.15, 0.2) is 24.3 Å². The highest BCUT2D eigenvalue weighted by Gasteiger charge is 2.29. The molecule has 28 heavy (non-hydrogen) atoms. The van der Waals surface area contributed by atoms with Gasteiger partial charge in [0.15, 0.2) is 0 Å². The number of benzene rings is 1. The van der Waals surface area contributed by atoms with E-state index in [1.807, 2.05) is 14.1 Å². The second-order valence-electron chi connectivity index (χ2n) is 8.42. The molecule has 1 aromatic carbocycles. The van der Waals surface area contributed by atoms with Crippen LogP contribution in [0.1, 0.15) is 56.6 Å². The van der Waals surface area contributed by atoms with Gasteiger partial charge in [0.25, 0.3) is 0 Å². The van der Waals surface area contributed by atoms with Gasteiger partial charge >= 0.3 is 11.8 Å². The average molecular weight is 388 g/mol. The van der Waals surface area contributed by atoms with Crippen molar-refractivity contribution in [1.29, 1.82) is 0 Å². The third kappa shape index (κ3) is 5.47. The third-order valence-electron chi connectivity index (χ3n) is 6.16. The summed E-state index contributed by atoms with van der Waals surface area (Å²) >= 11 is 0. The van der Waals surface area contributed by atoms with Crippen LogP contribution in [0.2, 0.25) is 0 Å². The number of hydrogen-bond donors (Lipinski definition) is 3. The lowest BCUT2D eigenvalue weighted by molar-refractivity contribution is -0.918. The molecule has 6 heteroatoms. The second-order valence-corrected chi connectivity index (χ2v) is 8.42. The summed E-state index contributed by atoms with van der Waals surface area (Å²) in [6, 6.07) is 8.89. The van der Waals surface area contributed by atoms with Crippen molar-refractivity contribution in [2.24, 2.45) is 0 Å². The number of nitrogens with one attached hydrogen (secondary N) is 3. The fraction of sp³-hybridized carbons (Fsp3) is 0.636. The van der Waals surface area contributed by atoms with Crippen LogP contribution in [0.4, 0.5) is 5.69 Å². The van der Waals surface area contributed by atoms with Gasteiger partial charge in [-0.25, -0.2) is 0 Å². The molecule has 1 saturated carbocycles. The summed E-state index contributed by atoms with van der Waals surface area (Å²) < 4.78 is 0. The van der Waals surface area contributed by atoms with E-state index in [-0.39, 0.29) is 12.1 Å². The van der Waals surface area contributed by atoms with E-state index in [0.717, 1.165) is 44.5 Å². The van der Waals surface area contributed by atoms with E-state index in [1.54, 1.807) is 0 Å². The highest BCUT2D eigenvalue weighted by molar-refractivity contribution is 6.35. The molecule has 2 aliphatic rings. The smallest absolute Gasteiger partial charge is 0.309 e. The van der Waals surface area contributed by atoms with E-state index in [4.69, 9.17) is 0 Å². The largest absolute Gasteiger partial charge is 0.378 e. The Balaban J connectivity index is 1.59. The lowest BCUT2D eigenvalue weighted by atomic mass is 9.95. The molecule has 0 spiro atoms. The van der Waals surface area contributed by atoms with Crippen LogP contribution in [0.25, 0.3) is 0 Å². The average Bonchev–Trinajstić information content (AvgIpc) is 3.23. The first-order chi connectivity index (χ1) is 13.5.